The minimum absolute atomic E-state index is 0.0510. The highest BCUT2D eigenvalue weighted by Gasteiger charge is 2.25. The fourth-order valence-electron chi connectivity index (χ4n) is 3.66. The molecule has 2 aromatic rings. The maximum atomic E-state index is 12.6. The first-order valence-corrected chi connectivity index (χ1v) is 9.00. The van der Waals surface area contributed by atoms with Gasteiger partial charge < -0.3 is 5.32 Å². The van der Waals surface area contributed by atoms with Crippen molar-refractivity contribution in [3.05, 3.63) is 102 Å². The van der Waals surface area contributed by atoms with Crippen LogP contribution in [-0.2, 0) is 4.79 Å². The number of hydrogen-bond acceptors (Lipinski definition) is 1. The molecular weight excluding hydrogens is 330 g/mol. The molecule has 27 heavy (non-hydrogen) atoms. The smallest absolute Gasteiger partial charge is 0.256 e. The van der Waals surface area contributed by atoms with Crippen LogP contribution in [0.25, 0.3) is 33.9 Å². The Bertz CT molecular complexity index is 1160. The van der Waals surface area contributed by atoms with Crippen molar-refractivity contribution in [3.8, 4) is 22.3 Å². The fourth-order valence-corrected chi connectivity index (χ4v) is 3.66. The van der Waals surface area contributed by atoms with Gasteiger partial charge in [-0.05, 0) is 46.0 Å². The van der Waals surface area contributed by atoms with Crippen LogP contribution in [-0.4, -0.2) is 5.91 Å². The molecule has 0 saturated carbocycles. The number of carbonyl (C=O) groups is 1. The fraction of sp³-hybridized carbons (Fsp3) is 0. The predicted molar refractivity (Wildman–Crippen MR) is 111 cm³/mol. The summed E-state index contributed by atoms with van der Waals surface area (Å²) in [5, 5.41) is 2.99. The number of nitrogens with one attached hydrogen (secondary N) is 1. The Hall–Kier alpha value is -3.65. The van der Waals surface area contributed by atoms with Gasteiger partial charge in [-0.1, -0.05) is 78.9 Å². The Labute approximate surface area is 158 Å². The number of carbonyl (C=O) groups excluding carboxylic acids is 1. The molecule has 0 spiro atoms. The summed E-state index contributed by atoms with van der Waals surface area (Å²) in [6.07, 6.45) is 2.00. The van der Waals surface area contributed by atoms with E-state index in [-0.39, 0.29) is 5.91 Å². The van der Waals surface area contributed by atoms with Crippen molar-refractivity contribution in [2.75, 3.05) is 5.32 Å². The molecule has 0 radical (unpaired) electrons. The van der Waals surface area contributed by atoms with Gasteiger partial charge in [0.2, 0.25) is 0 Å². The molecule has 2 aliphatic carbocycles. The maximum absolute atomic E-state index is 12.6. The van der Waals surface area contributed by atoms with Gasteiger partial charge in [-0.25, -0.2) is 0 Å². The Morgan fingerprint density at radius 3 is 2.15 bits per heavy atom. The summed E-state index contributed by atoms with van der Waals surface area (Å²) in [4.78, 5) is 12.6. The van der Waals surface area contributed by atoms with Crippen LogP contribution in [0.3, 0.4) is 0 Å². The molecule has 0 bridgehead atoms. The number of anilines is 1. The van der Waals surface area contributed by atoms with Gasteiger partial charge in [-0.3, -0.25) is 4.79 Å². The highest BCUT2D eigenvalue weighted by molar-refractivity contribution is 6.35. The van der Waals surface area contributed by atoms with Crippen LogP contribution in [0.1, 0.15) is 11.1 Å². The molecule has 2 aromatic carbocycles. The van der Waals surface area contributed by atoms with Crippen LogP contribution < -0.4 is 5.32 Å². The molecule has 0 saturated heterocycles. The highest BCUT2D eigenvalue weighted by Crippen LogP contribution is 2.38. The van der Waals surface area contributed by atoms with Crippen molar-refractivity contribution in [2.45, 2.75) is 0 Å². The monoisotopic (exact) mass is 347 g/mol. The summed E-state index contributed by atoms with van der Waals surface area (Å²) in [6.45, 7) is 0. The van der Waals surface area contributed by atoms with Gasteiger partial charge in [-0.15, -0.1) is 0 Å². The van der Waals surface area contributed by atoms with Crippen molar-refractivity contribution in [1.82, 2.24) is 0 Å². The summed E-state index contributed by atoms with van der Waals surface area (Å²) in [5.41, 5.74) is 8.16. The predicted octanol–water partition coefficient (Wildman–Crippen LogP) is 5.95. The first-order valence-electron chi connectivity index (χ1n) is 9.00. The molecule has 0 fully saturated rings. The van der Waals surface area contributed by atoms with E-state index < -0.39 is 0 Å². The number of benzene rings is 2. The van der Waals surface area contributed by atoms with E-state index in [0.29, 0.717) is 5.57 Å². The van der Waals surface area contributed by atoms with Crippen LogP contribution in [0.15, 0.2) is 91.0 Å². The van der Waals surface area contributed by atoms with Crippen LogP contribution in [0.5, 0.6) is 0 Å². The molecule has 2 nitrogen and oxygen atoms in total. The summed E-state index contributed by atoms with van der Waals surface area (Å²) in [6, 6.07) is 30.8. The summed E-state index contributed by atoms with van der Waals surface area (Å²) in [5.74, 6) is -0.0510. The maximum Gasteiger partial charge on any atom is 0.256 e. The number of fused-ring (bicyclic) bond motifs is 2. The Balaban J connectivity index is 1.63. The second-order valence-electron chi connectivity index (χ2n) is 6.71. The average molecular weight is 347 g/mol. The summed E-state index contributed by atoms with van der Waals surface area (Å²) >= 11 is 0. The minimum atomic E-state index is -0.0510. The van der Waals surface area contributed by atoms with E-state index in [9.17, 15) is 4.79 Å². The van der Waals surface area contributed by atoms with E-state index >= 15 is 0 Å². The SMILES string of the molecule is O=C1Nc2ccc(-c3ccccc3)cc2/C1=C\c1ccc2cccccc1-2. The lowest BCUT2D eigenvalue weighted by Crippen LogP contribution is -2.03. The standard InChI is InChI=1S/C25H17NO/c27-25-23(16-20-12-11-18-9-5-2-6-10-21(18)20)22-15-19(13-14-24(22)26-25)17-7-3-1-4-8-17/h1-16H,(H,26,27)/b23-16+. The molecular formula is C25H17NO. The molecule has 1 aliphatic heterocycles. The lowest BCUT2D eigenvalue weighted by molar-refractivity contribution is -0.110. The van der Waals surface area contributed by atoms with Crippen LogP contribution in [0, 0.1) is 0 Å². The molecule has 1 N–H and O–H groups in total. The number of hydrogen-bond donors (Lipinski definition) is 1. The van der Waals surface area contributed by atoms with Gasteiger partial charge in [-0.2, -0.15) is 0 Å². The van der Waals surface area contributed by atoms with E-state index in [1.807, 2.05) is 48.5 Å². The van der Waals surface area contributed by atoms with Crippen molar-refractivity contribution in [1.29, 1.82) is 0 Å². The zero-order valence-electron chi connectivity index (χ0n) is 14.6. The van der Waals surface area contributed by atoms with E-state index in [1.165, 1.54) is 5.56 Å². The van der Waals surface area contributed by atoms with Gasteiger partial charge in [0.15, 0.2) is 0 Å². The second-order valence-corrected chi connectivity index (χ2v) is 6.71. The molecule has 128 valence electrons. The summed E-state index contributed by atoms with van der Waals surface area (Å²) < 4.78 is 0. The average Bonchev–Trinajstić information content (AvgIpc) is 3.12. The van der Waals surface area contributed by atoms with Crippen LogP contribution in [0.4, 0.5) is 5.69 Å². The zero-order valence-corrected chi connectivity index (χ0v) is 14.6. The van der Waals surface area contributed by atoms with E-state index in [0.717, 1.165) is 33.5 Å². The quantitative estimate of drug-likeness (QED) is 0.446. The first-order chi connectivity index (χ1) is 13.3. The molecule has 5 rings (SSSR count). The zero-order chi connectivity index (χ0) is 18.2. The molecule has 0 aromatic heterocycles. The van der Waals surface area contributed by atoms with Gasteiger partial charge >= 0.3 is 0 Å². The second kappa shape index (κ2) is 6.26. The molecule has 1 heterocycles. The van der Waals surface area contributed by atoms with E-state index in [2.05, 4.69) is 53.8 Å². The largest absolute Gasteiger partial charge is 0.321 e. The van der Waals surface area contributed by atoms with Crippen molar-refractivity contribution in [3.63, 3.8) is 0 Å². The van der Waals surface area contributed by atoms with Gasteiger partial charge in [0.25, 0.3) is 5.91 Å². The third-order valence-electron chi connectivity index (χ3n) is 5.03. The topological polar surface area (TPSA) is 29.1 Å². The third kappa shape index (κ3) is 2.72. The van der Waals surface area contributed by atoms with Crippen molar-refractivity contribution < 1.29 is 4.79 Å². The van der Waals surface area contributed by atoms with E-state index in [4.69, 9.17) is 0 Å². The minimum Gasteiger partial charge on any atom is -0.321 e. The number of rotatable bonds is 2. The third-order valence-corrected chi connectivity index (χ3v) is 5.03. The normalized spacial score (nSPS) is 14.4. The van der Waals surface area contributed by atoms with Crippen molar-refractivity contribution in [2.24, 2.45) is 0 Å². The van der Waals surface area contributed by atoms with Gasteiger partial charge in [0, 0.05) is 16.8 Å². The molecule has 3 aliphatic rings. The molecule has 1 amide bonds. The van der Waals surface area contributed by atoms with Gasteiger partial charge in [0.05, 0.1) is 0 Å². The van der Waals surface area contributed by atoms with Crippen molar-refractivity contribution >= 4 is 23.2 Å². The lowest BCUT2D eigenvalue weighted by Gasteiger charge is -2.05. The number of amides is 1. The molecule has 0 unspecified atom stereocenters. The lowest BCUT2D eigenvalue weighted by atomic mass is 9.98. The highest BCUT2D eigenvalue weighted by atomic mass is 16.2. The first kappa shape index (κ1) is 15.6. The van der Waals surface area contributed by atoms with E-state index in [1.54, 1.807) is 0 Å². The van der Waals surface area contributed by atoms with Crippen LogP contribution in [0.2, 0.25) is 0 Å². The van der Waals surface area contributed by atoms with Gasteiger partial charge in [0.1, 0.15) is 0 Å². The van der Waals surface area contributed by atoms with Crippen LogP contribution >= 0.6 is 0 Å². The Morgan fingerprint density at radius 1 is 0.630 bits per heavy atom. The molecule has 2 heteroatoms. The Morgan fingerprint density at radius 2 is 1.33 bits per heavy atom. The Kier molecular flexibility index (Phi) is 3.61. The summed E-state index contributed by atoms with van der Waals surface area (Å²) in [7, 11) is 0. The molecule has 0 atom stereocenters.